The van der Waals surface area contributed by atoms with Crippen LogP contribution in [-0.4, -0.2) is 25.5 Å². The van der Waals surface area contributed by atoms with Crippen molar-refractivity contribution in [1.82, 2.24) is 10.6 Å². The average molecular weight is 281 g/mol. The number of amides is 1. The van der Waals surface area contributed by atoms with Gasteiger partial charge >= 0.3 is 0 Å². The minimum atomic E-state index is 0.0750. The van der Waals surface area contributed by atoms with Crippen LogP contribution in [0.25, 0.3) is 0 Å². The van der Waals surface area contributed by atoms with Crippen molar-refractivity contribution in [2.24, 2.45) is 5.92 Å². The van der Waals surface area contributed by atoms with Crippen LogP contribution in [-0.2, 0) is 11.2 Å². The third-order valence-corrected chi connectivity index (χ3v) is 3.76. The first-order valence-corrected chi connectivity index (χ1v) is 7.33. The van der Waals surface area contributed by atoms with E-state index in [9.17, 15) is 4.79 Å². The van der Waals surface area contributed by atoms with Crippen molar-refractivity contribution in [3.05, 3.63) is 34.9 Å². The monoisotopic (exact) mass is 280 g/mol. The fourth-order valence-electron chi connectivity index (χ4n) is 2.48. The van der Waals surface area contributed by atoms with Gasteiger partial charge in [0, 0.05) is 11.6 Å². The van der Waals surface area contributed by atoms with Crippen molar-refractivity contribution in [1.29, 1.82) is 0 Å². The van der Waals surface area contributed by atoms with Gasteiger partial charge in [0.05, 0.1) is 6.42 Å². The van der Waals surface area contributed by atoms with Crippen LogP contribution in [0.5, 0.6) is 0 Å². The van der Waals surface area contributed by atoms with Gasteiger partial charge in [0.1, 0.15) is 0 Å². The summed E-state index contributed by atoms with van der Waals surface area (Å²) in [6.45, 7) is 2.99. The Balaban J connectivity index is 1.67. The Kier molecular flexibility index (Phi) is 5.67. The van der Waals surface area contributed by atoms with Gasteiger partial charge in [-0.1, -0.05) is 23.7 Å². The van der Waals surface area contributed by atoms with Gasteiger partial charge in [-0.15, -0.1) is 0 Å². The summed E-state index contributed by atoms with van der Waals surface area (Å²) >= 11 is 5.90. The van der Waals surface area contributed by atoms with E-state index in [1.165, 1.54) is 12.8 Å². The van der Waals surface area contributed by atoms with Crippen LogP contribution in [0.4, 0.5) is 0 Å². The quantitative estimate of drug-likeness (QED) is 0.870. The minimum absolute atomic E-state index is 0.0750. The topological polar surface area (TPSA) is 41.1 Å². The van der Waals surface area contributed by atoms with Crippen LogP contribution in [0, 0.1) is 5.92 Å². The molecule has 1 atom stereocenters. The predicted octanol–water partition coefficient (Wildman–Crippen LogP) is 2.39. The molecule has 1 aliphatic rings. The van der Waals surface area contributed by atoms with E-state index >= 15 is 0 Å². The maximum atomic E-state index is 11.8. The van der Waals surface area contributed by atoms with Gasteiger partial charge in [-0.3, -0.25) is 4.79 Å². The van der Waals surface area contributed by atoms with E-state index in [0.29, 0.717) is 17.4 Å². The number of nitrogens with one attached hydrogen (secondary N) is 2. The van der Waals surface area contributed by atoms with Gasteiger partial charge in [0.25, 0.3) is 0 Å². The second kappa shape index (κ2) is 7.51. The normalized spacial score (nSPS) is 19.1. The molecule has 3 nitrogen and oxygen atoms in total. The Morgan fingerprint density at radius 1 is 1.47 bits per heavy atom. The molecule has 2 N–H and O–H groups in total. The van der Waals surface area contributed by atoms with Crippen molar-refractivity contribution in [3.63, 3.8) is 0 Å². The largest absolute Gasteiger partial charge is 0.356 e. The molecule has 0 aliphatic carbocycles. The molecule has 4 heteroatoms. The lowest BCUT2D eigenvalue weighted by molar-refractivity contribution is -0.120. The predicted molar refractivity (Wildman–Crippen MR) is 78.4 cm³/mol. The van der Waals surface area contributed by atoms with Crippen molar-refractivity contribution in [3.8, 4) is 0 Å². The molecular formula is C15H21ClN2O. The molecule has 2 rings (SSSR count). The van der Waals surface area contributed by atoms with E-state index in [0.717, 1.165) is 31.6 Å². The van der Waals surface area contributed by atoms with Crippen molar-refractivity contribution in [2.45, 2.75) is 25.7 Å². The average Bonchev–Trinajstić information content (AvgIpc) is 2.40. The smallest absolute Gasteiger partial charge is 0.224 e. The molecular weight excluding hydrogens is 260 g/mol. The molecule has 1 heterocycles. The first-order valence-electron chi connectivity index (χ1n) is 6.96. The first-order chi connectivity index (χ1) is 9.24. The highest BCUT2D eigenvalue weighted by atomic mass is 35.5. The molecule has 0 bridgehead atoms. The van der Waals surface area contributed by atoms with E-state index in [-0.39, 0.29) is 5.91 Å². The van der Waals surface area contributed by atoms with Crippen molar-refractivity contribution >= 4 is 17.5 Å². The molecule has 0 radical (unpaired) electrons. The van der Waals surface area contributed by atoms with Gasteiger partial charge in [-0.05, 0) is 56.0 Å². The minimum Gasteiger partial charge on any atom is -0.356 e. The lowest BCUT2D eigenvalue weighted by Gasteiger charge is -2.22. The summed E-state index contributed by atoms with van der Waals surface area (Å²) in [4.78, 5) is 11.8. The summed E-state index contributed by atoms with van der Waals surface area (Å²) in [5, 5.41) is 7.06. The zero-order chi connectivity index (χ0) is 13.5. The van der Waals surface area contributed by atoms with E-state index in [1.54, 1.807) is 0 Å². The van der Waals surface area contributed by atoms with Crippen molar-refractivity contribution in [2.75, 3.05) is 19.6 Å². The first kappa shape index (κ1) is 14.4. The molecule has 1 aliphatic heterocycles. The third kappa shape index (κ3) is 5.21. The molecule has 19 heavy (non-hydrogen) atoms. The Hall–Kier alpha value is -1.06. The van der Waals surface area contributed by atoms with E-state index in [1.807, 2.05) is 24.3 Å². The summed E-state index contributed by atoms with van der Waals surface area (Å²) < 4.78 is 0. The second-order valence-electron chi connectivity index (χ2n) is 5.16. The van der Waals surface area contributed by atoms with Crippen LogP contribution in [0.1, 0.15) is 24.8 Å². The summed E-state index contributed by atoms with van der Waals surface area (Å²) in [6.07, 6.45) is 4.00. The number of piperidine rings is 1. The number of hydrogen-bond acceptors (Lipinski definition) is 2. The molecule has 1 aromatic rings. The van der Waals surface area contributed by atoms with Crippen molar-refractivity contribution < 1.29 is 4.79 Å². The standard InChI is InChI=1S/C15H21ClN2O/c16-14-5-1-3-13(9-14)10-15(19)18-8-6-12-4-2-7-17-11-12/h1,3,5,9,12,17H,2,4,6-8,10-11H2,(H,18,19). The molecule has 0 spiro atoms. The second-order valence-corrected chi connectivity index (χ2v) is 5.59. The van der Waals surface area contributed by atoms with E-state index < -0.39 is 0 Å². The molecule has 1 unspecified atom stereocenters. The van der Waals surface area contributed by atoms with Gasteiger partial charge in [0.2, 0.25) is 5.91 Å². The Morgan fingerprint density at radius 2 is 2.37 bits per heavy atom. The number of benzene rings is 1. The Morgan fingerprint density at radius 3 is 3.11 bits per heavy atom. The van der Waals surface area contributed by atoms with Crippen LogP contribution < -0.4 is 10.6 Å². The number of carbonyl (C=O) groups excluding carboxylic acids is 1. The molecule has 0 aromatic heterocycles. The van der Waals surface area contributed by atoms with Crippen LogP contribution in [0.2, 0.25) is 5.02 Å². The number of rotatable bonds is 5. The molecule has 0 saturated carbocycles. The Labute approximate surface area is 119 Å². The van der Waals surface area contributed by atoms with E-state index in [2.05, 4.69) is 10.6 Å². The molecule has 1 fully saturated rings. The Bertz CT molecular complexity index is 416. The van der Waals surface area contributed by atoms with Gasteiger partial charge in [-0.25, -0.2) is 0 Å². The SMILES string of the molecule is O=C(Cc1cccc(Cl)c1)NCCC1CCCNC1. The highest BCUT2D eigenvalue weighted by molar-refractivity contribution is 6.30. The van der Waals surface area contributed by atoms with Gasteiger partial charge in [-0.2, -0.15) is 0 Å². The van der Waals surface area contributed by atoms with E-state index in [4.69, 9.17) is 11.6 Å². The fourth-order valence-corrected chi connectivity index (χ4v) is 2.69. The molecule has 1 saturated heterocycles. The lowest BCUT2D eigenvalue weighted by atomic mass is 9.96. The summed E-state index contributed by atoms with van der Waals surface area (Å²) in [5.74, 6) is 0.784. The van der Waals surface area contributed by atoms with Gasteiger partial charge < -0.3 is 10.6 Å². The van der Waals surface area contributed by atoms with Crippen LogP contribution in [0.15, 0.2) is 24.3 Å². The zero-order valence-electron chi connectivity index (χ0n) is 11.1. The number of halogens is 1. The fraction of sp³-hybridized carbons (Fsp3) is 0.533. The van der Waals surface area contributed by atoms with Gasteiger partial charge in [0.15, 0.2) is 0 Å². The molecule has 104 valence electrons. The maximum absolute atomic E-state index is 11.8. The molecule has 1 aromatic carbocycles. The number of hydrogen-bond donors (Lipinski definition) is 2. The molecule has 1 amide bonds. The lowest BCUT2D eigenvalue weighted by Crippen LogP contribution is -2.33. The van der Waals surface area contributed by atoms with Crippen LogP contribution in [0.3, 0.4) is 0 Å². The zero-order valence-corrected chi connectivity index (χ0v) is 11.9. The number of carbonyl (C=O) groups is 1. The third-order valence-electron chi connectivity index (χ3n) is 3.53. The summed E-state index contributed by atoms with van der Waals surface area (Å²) in [5.41, 5.74) is 0.962. The summed E-state index contributed by atoms with van der Waals surface area (Å²) in [7, 11) is 0. The maximum Gasteiger partial charge on any atom is 0.224 e. The highest BCUT2D eigenvalue weighted by Crippen LogP contribution is 2.13. The summed E-state index contributed by atoms with van der Waals surface area (Å²) in [6, 6.07) is 7.46. The highest BCUT2D eigenvalue weighted by Gasteiger charge is 2.12. The van der Waals surface area contributed by atoms with Crippen LogP contribution >= 0.6 is 11.6 Å².